The van der Waals surface area contributed by atoms with Gasteiger partial charge in [0.25, 0.3) is 0 Å². The summed E-state index contributed by atoms with van der Waals surface area (Å²) >= 11 is 0. The van der Waals surface area contributed by atoms with Crippen molar-refractivity contribution in [2.45, 2.75) is 50.5 Å². The summed E-state index contributed by atoms with van der Waals surface area (Å²) in [7, 11) is -3.95. The normalized spacial score (nSPS) is 13.0. The molecule has 28 heavy (non-hydrogen) atoms. The topological polar surface area (TPSA) is 95.7 Å². The van der Waals surface area contributed by atoms with Crippen LogP contribution in [0.3, 0.4) is 0 Å². The largest absolute Gasteiger partial charge is 0.460 e. The summed E-state index contributed by atoms with van der Waals surface area (Å²) in [5.74, 6) is -0.497. The van der Waals surface area contributed by atoms with Crippen molar-refractivity contribution >= 4 is 16.1 Å². The highest BCUT2D eigenvalue weighted by Gasteiger charge is 2.22. The molecule has 1 atom stereocenters. The highest BCUT2D eigenvalue weighted by Crippen LogP contribution is 2.26. The quantitative estimate of drug-likeness (QED) is 0.559. The van der Waals surface area contributed by atoms with Crippen LogP contribution in [0, 0.1) is 6.92 Å². The van der Waals surface area contributed by atoms with Crippen LogP contribution in [0.15, 0.2) is 53.4 Å². The van der Waals surface area contributed by atoms with Crippen LogP contribution in [-0.2, 0) is 19.6 Å². The molecule has 0 bridgehead atoms. The van der Waals surface area contributed by atoms with E-state index >= 15 is 0 Å². The van der Waals surface area contributed by atoms with Gasteiger partial charge in [0.2, 0.25) is 0 Å². The number of nitrogens with two attached hydrogens (primary N) is 1. The summed E-state index contributed by atoms with van der Waals surface area (Å²) in [5.41, 5.74) is 6.92. The Labute approximate surface area is 166 Å². The molecule has 152 valence electrons. The van der Waals surface area contributed by atoms with Crippen LogP contribution in [0.5, 0.6) is 5.75 Å². The van der Waals surface area contributed by atoms with Crippen molar-refractivity contribution in [2.24, 2.45) is 5.73 Å². The Morgan fingerprint density at radius 3 is 2.32 bits per heavy atom. The molecule has 0 aliphatic heterocycles. The Balaban J connectivity index is 2.18. The summed E-state index contributed by atoms with van der Waals surface area (Å²) in [6, 6.07) is 13.0. The van der Waals surface area contributed by atoms with Crippen LogP contribution >= 0.6 is 0 Å². The van der Waals surface area contributed by atoms with E-state index in [1.165, 1.54) is 12.1 Å². The number of benzene rings is 2. The van der Waals surface area contributed by atoms with E-state index in [1.807, 2.05) is 6.92 Å². The van der Waals surface area contributed by atoms with Crippen LogP contribution < -0.4 is 9.92 Å². The molecule has 0 saturated carbocycles. The molecule has 0 saturated heterocycles. The maximum Gasteiger partial charge on any atom is 0.339 e. The molecule has 1 unspecified atom stereocenters. The van der Waals surface area contributed by atoms with E-state index in [9.17, 15) is 13.2 Å². The van der Waals surface area contributed by atoms with Gasteiger partial charge in [0.15, 0.2) is 0 Å². The van der Waals surface area contributed by atoms with E-state index < -0.39 is 15.7 Å². The third-order valence-corrected chi connectivity index (χ3v) is 5.22. The molecule has 0 aliphatic rings. The van der Waals surface area contributed by atoms with Gasteiger partial charge in [-0.2, -0.15) is 8.42 Å². The highest BCUT2D eigenvalue weighted by molar-refractivity contribution is 7.87. The Morgan fingerprint density at radius 1 is 1.11 bits per heavy atom. The number of carbonyl (C=O) groups excluding carboxylic acids is 1. The van der Waals surface area contributed by atoms with Gasteiger partial charge in [-0.15, -0.1) is 0 Å². The average Bonchev–Trinajstić information content (AvgIpc) is 2.58. The van der Waals surface area contributed by atoms with Crippen molar-refractivity contribution < 1.29 is 22.1 Å². The number of aryl methyl sites for hydroxylation is 1. The van der Waals surface area contributed by atoms with Gasteiger partial charge in [-0.3, -0.25) is 4.79 Å². The molecule has 0 heterocycles. The molecule has 6 nitrogen and oxygen atoms in total. The first kappa shape index (κ1) is 21.9. The van der Waals surface area contributed by atoms with Crippen LogP contribution in [-0.4, -0.2) is 26.5 Å². The van der Waals surface area contributed by atoms with E-state index in [-0.39, 0.29) is 35.5 Å². The molecule has 0 aliphatic carbocycles. The summed E-state index contributed by atoms with van der Waals surface area (Å²) < 4.78 is 35.6. The molecular weight excluding hydrogens is 378 g/mol. The fraction of sp³-hybridized carbons (Fsp3) is 0.381. The van der Waals surface area contributed by atoms with Gasteiger partial charge in [-0.25, -0.2) is 0 Å². The van der Waals surface area contributed by atoms with E-state index in [2.05, 4.69) is 0 Å². The minimum Gasteiger partial charge on any atom is -0.460 e. The van der Waals surface area contributed by atoms with Crippen molar-refractivity contribution in [1.82, 2.24) is 0 Å². The van der Waals surface area contributed by atoms with Crippen molar-refractivity contribution in [1.29, 1.82) is 0 Å². The zero-order valence-electron chi connectivity index (χ0n) is 16.6. The Bertz CT molecular complexity index is 915. The molecule has 2 N–H and O–H groups in total. The van der Waals surface area contributed by atoms with E-state index in [4.69, 9.17) is 14.7 Å². The van der Waals surface area contributed by atoms with Gasteiger partial charge < -0.3 is 14.7 Å². The van der Waals surface area contributed by atoms with Crippen LogP contribution in [0.1, 0.15) is 44.2 Å². The van der Waals surface area contributed by atoms with Gasteiger partial charge in [0.1, 0.15) is 16.2 Å². The molecule has 0 fully saturated rings. The first-order valence-corrected chi connectivity index (χ1v) is 10.4. The number of hydrogen-bond donors (Lipinski definition) is 1. The van der Waals surface area contributed by atoms with Crippen LogP contribution in [0.25, 0.3) is 0 Å². The first-order valence-electron chi connectivity index (χ1n) is 9.03. The molecule has 0 amide bonds. The smallest absolute Gasteiger partial charge is 0.339 e. The number of rotatable bonds is 7. The molecule has 2 aromatic rings. The lowest BCUT2D eigenvalue weighted by atomic mass is 9.95. The van der Waals surface area contributed by atoms with Crippen LogP contribution in [0.4, 0.5) is 0 Å². The standard InChI is InChI=1S/C21H27NO5S/c1-15-8-10-19(11-9-15)28(24,25)27-18-7-5-6-16(12-18)17(14-22)13-20(23)26-21(2,3)4/h5-12,17H,13-14,22H2,1-4H3. The number of esters is 1. The van der Waals surface area contributed by atoms with Gasteiger partial charge in [0, 0.05) is 5.92 Å². The van der Waals surface area contributed by atoms with Crippen molar-refractivity contribution in [3.63, 3.8) is 0 Å². The second-order valence-corrected chi connectivity index (χ2v) is 9.19. The zero-order valence-corrected chi connectivity index (χ0v) is 17.5. The first-order chi connectivity index (χ1) is 13.0. The second-order valence-electron chi connectivity index (χ2n) is 7.65. The van der Waals surface area contributed by atoms with E-state index in [1.54, 1.807) is 57.2 Å². The maximum atomic E-state index is 12.5. The second kappa shape index (κ2) is 8.75. The van der Waals surface area contributed by atoms with Gasteiger partial charge in [-0.05, 0) is 64.1 Å². The lowest BCUT2D eigenvalue weighted by molar-refractivity contribution is -0.155. The molecule has 0 spiro atoms. The zero-order chi connectivity index (χ0) is 20.9. The van der Waals surface area contributed by atoms with E-state index in [0.29, 0.717) is 5.56 Å². The summed E-state index contributed by atoms with van der Waals surface area (Å²) in [5, 5.41) is 0. The van der Waals surface area contributed by atoms with Crippen LogP contribution in [0.2, 0.25) is 0 Å². The van der Waals surface area contributed by atoms with Crippen molar-refractivity contribution in [3.8, 4) is 5.75 Å². The average molecular weight is 406 g/mol. The number of hydrogen-bond acceptors (Lipinski definition) is 6. The minimum atomic E-state index is -3.95. The lowest BCUT2D eigenvalue weighted by Crippen LogP contribution is -2.26. The molecular formula is C21H27NO5S. The lowest BCUT2D eigenvalue weighted by Gasteiger charge is -2.22. The molecule has 2 aromatic carbocycles. The summed E-state index contributed by atoms with van der Waals surface area (Å²) in [6.07, 6.45) is 0.0991. The van der Waals surface area contributed by atoms with Crippen molar-refractivity contribution in [3.05, 3.63) is 59.7 Å². The maximum absolute atomic E-state index is 12.5. The molecule has 0 radical (unpaired) electrons. The van der Waals surface area contributed by atoms with Gasteiger partial charge >= 0.3 is 16.1 Å². The number of ether oxygens (including phenoxy) is 1. The Kier molecular flexibility index (Phi) is 6.85. The minimum absolute atomic E-state index is 0.0765. The summed E-state index contributed by atoms with van der Waals surface area (Å²) in [4.78, 5) is 12.2. The van der Waals surface area contributed by atoms with E-state index in [0.717, 1.165) is 5.56 Å². The predicted octanol–water partition coefficient (Wildman–Crippen LogP) is 3.54. The third-order valence-electron chi connectivity index (χ3n) is 3.96. The molecule has 2 rings (SSSR count). The molecule has 0 aromatic heterocycles. The Morgan fingerprint density at radius 2 is 1.75 bits per heavy atom. The van der Waals surface area contributed by atoms with Crippen molar-refractivity contribution in [2.75, 3.05) is 6.54 Å². The molecule has 7 heteroatoms. The summed E-state index contributed by atoms with van der Waals surface area (Å²) in [6.45, 7) is 7.48. The third kappa shape index (κ3) is 6.35. The van der Waals surface area contributed by atoms with Gasteiger partial charge in [0.05, 0.1) is 6.42 Å². The monoisotopic (exact) mass is 405 g/mol. The SMILES string of the molecule is Cc1ccc(S(=O)(=O)Oc2cccc(C(CN)CC(=O)OC(C)(C)C)c2)cc1. The highest BCUT2D eigenvalue weighted by atomic mass is 32.2. The Hall–Kier alpha value is -2.38. The van der Waals surface area contributed by atoms with Gasteiger partial charge in [-0.1, -0.05) is 29.8 Å². The predicted molar refractivity (Wildman–Crippen MR) is 108 cm³/mol. The fourth-order valence-electron chi connectivity index (χ4n) is 2.62. The fourth-order valence-corrected chi connectivity index (χ4v) is 3.54. The number of carbonyl (C=O) groups is 1.